The zero-order chi connectivity index (χ0) is 19.4. The molecule has 3 aromatic rings. The second-order valence-corrected chi connectivity index (χ2v) is 5.92. The molecule has 0 aliphatic carbocycles. The second-order valence-electron chi connectivity index (χ2n) is 5.48. The quantitative estimate of drug-likeness (QED) is 0.545. The highest BCUT2D eigenvalue weighted by Crippen LogP contribution is 2.25. The highest BCUT2D eigenvalue weighted by atomic mass is 35.5. The molecule has 0 radical (unpaired) electrons. The number of ether oxygens (including phenoxy) is 1. The van der Waals surface area contributed by atoms with Crippen molar-refractivity contribution in [1.82, 2.24) is 0 Å². The lowest BCUT2D eigenvalue weighted by atomic mass is 10.1. The fraction of sp³-hybridized carbons (Fsp3) is 0.105. The number of rotatable bonds is 4. The molecule has 1 amide bonds. The van der Waals surface area contributed by atoms with E-state index >= 15 is 0 Å². The van der Waals surface area contributed by atoms with Crippen LogP contribution in [0, 0.1) is 0 Å². The highest BCUT2D eigenvalue weighted by Gasteiger charge is 2.15. The number of hydrogen-bond acceptors (Lipinski definition) is 6. The molecule has 2 aromatic carbocycles. The smallest absolute Gasteiger partial charge is 0.332 e. The molecule has 138 valence electrons. The number of para-hydroxylation sites is 1. The number of nitrogens with zero attached hydrogens (tertiary/aromatic N) is 1. The maximum absolute atomic E-state index is 12.7. The van der Waals surface area contributed by atoms with E-state index in [1.165, 1.54) is 14.0 Å². The van der Waals surface area contributed by atoms with Crippen LogP contribution in [0.25, 0.3) is 11.0 Å². The maximum Gasteiger partial charge on any atom is 0.332 e. The van der Waals surface area contributed by atoms with E-state index in [0.717, 1.165) is 0 Å². The summed E-state index contributed by atoms with van der Waals surface area (Å²) in [7, 11) is 1.49. The summed E-state index contributed by atoms with van der Waals surface area (Å²) in [5.41, 5.74) is 0.778. The largest absolute Gasteiger partial charge is 0.493 e. The number of fused-ring (bicyclic) bond motifs is 1. The van der Waals surface area contributed by atoms with Crippen LogP contribution in [0.15, 0.2) is 58.1 Å². The predicted octanol–water partition coefficient (Wildman–Crippen LogP) is 3.73. The van der Waals surface area contributed by atoms with E-state index < -0.39 is 11.9 Å². The van der Waals surface area contributed by atoms with E-state index in [-0.39, 0.29) is 11.1 Å². The fourth-order valence-electron chi connectivity index (χ4n) is 2.39. The van der Waals surface area contributed by atoms with Crippen LogP contribution in [-0.4, -0.2) is 19.0 Å². The molecule has 7 nitrogen and oxygen atoms in total. The fourth-order valence-corrected chi connectivity index (χ4v) is 2.58. The number of nitrogens with one attached hydrogen (secondary N) is 1. The van der Waals surface area contributed by atoms with Crippen LogP contribution in [0.1, 0.15) is 17.3 Å². The number of hydrogen-bond donors (Lipinski definition) is 1. The van der Waals surface area contributed by atoms with Crippen molar-refractivity contribution in [2.24, 2.45) is 5.16 Å². The summed E-state index contributed by atoms with van der Waals surface area (Å²) in [6.45, 7) is 1.19. The number of carbonyl (C=O) groups is 2. The topological polar surface area (TPSA) is 90.1 Å². The first-order valence-corrected chi connectivity index (χ1v) is 8.25. The summed E-state index contributed by atoms with van der Waals surface area (Å²) < 4.78 is 11.0. The SMILES string of the molecule is COc1cccc2cc(C(=O)Nc3cccc(Cl)c3)c(=NOC(C)=O)oc12. The predicted molar refractivity (Wildman–Crippen MR) is 99.5 cm³/mol. The van der Waals surface area contributed by atoms with Crippen molar-refractivity contribution in [2.45, 2.75) is 6.92 Å². The van der Waals surface area contributed by atoms with E-state index in [9.17, 15) is 9.59 Å². The van der Waals surface area contributed by atoms with Gasteiger partial charge in [0.2, 0.25) is 0 Å². The number of amides is 1. The van der Waals surface area contributed by atoms with Gasteiger partial charge in [0, 0.05) is 23.0 Å². The summed E-state index contributed by atoms with van der Waals surface area (Å²) in [6.07, 6.45) is 0. The summed E-state index contributed by atoms with van der Waals surface area (Å²) in [5.74, 6) is -0.697. The van der Waals surface area contributed by atoms with Crippen molar-refractivity contribution < 1.29 is 23.6 Å². The Bertz CT molecular complexity index is 1090. The third-order valence-electron chi connectivity index (χ3n) is 3.54. The van der Waals surface area contributed by atoms with Gasteiger partial charge in [0.05, 0.1) is 7.11 Å². The van der Waals surface area contributed by atoms with E-state index in [1.807, 2.05) is 0 Å². The molecule has 1 N–H and O–H groups in total. The number of carbonyl (C=O) groups excluding carboxylic acids is 2. The summed E-state index contributed by atoms with van der Waals surface area (Å²) in [5, 5.41) is 7.45. The van der Waals surface area contributed by atoms with Gasteiger partial charge in [0.1, 0.15) is 5.56 Å². The molecular weight excluding hydrogens is 372 g/mol. The van der Waals surface area contributed by atoms with E-state index in [1.54, 1.807) is 48.5 Å². The van der Waals surface area contributed by atoms with Gasteiger partial charge in [0.25, 0.3) is 11.5 Å². The Morgan fingerprint density at radius 2 is 1.93 bits per heavy atom. The Balaban J connectivity index is 2.11. The maximum atomic E-state index is 12.7. The van der Waals surface area contributed by atoms with Crippen LogP contribution in [0.4, 0.5) is 5.69 Å². The van der Waals surface area contributed by atoms with Crippen LogP contribution in [-0.2, 0) is 9.63 Å². The van der Waals surface area contributed by atoms with Gasteiger partial charge in [-0.25, -0.2) is 4.79 Å². The molecule has 27 heavy (non-hydrogen) atoms. The number of methoxy groups -OCH3 is 1. The average molecular weight is 387 g/mol. The standard InChI is InChI=1S/C19H15ClN2O5/c1-11(23)27-22-19-15(18(24)21-14-7-4-6-13(20)10-14)9-12-5-3-8-16(25-2)17(12)26-19/h3-10H,1-2H3,(H,21,24). The first kappa shape index (κ1) is 18.5. The van der Waals surface area contributed by atoms with Gasteiger partial charge in [-0.2, -0.15) is 0 Å². The van der Waals surface area contributed by atoms with Crippen molar-refractivity contribution in [3.63, 3.8) is 0 Å². The molecule has 1 aromatic heterocycles. The second kappa shape index (κ2) is 7.92. The van der Waals surface area contributed by atoms with Gasteiger partial charge in [0.15, 0.2) is 11.3 Å². The van der Waals surface area contributed by atoms with Gasteiger partial charge >= 0.3 is 5.97 Å². The molecule has 0 spiro atoms. The molecular formula is C19H15ClN2O5. The lowest BCUT2D eigenvalue weighted by Crippen LogP contribution is -2.22. The van der Waals surface area contributed by atoms with Crippen LogP contribution in [0.2, 0.25) is 5.02 Å². The average Bonchev–Trinajstić information content (AvgIpc) is 2.65. The van der Waals surface area contributed by atoms with E-state index in [4.69, 9.17) is 20.8 Å². The summed E-state index contributed by atoms with van der Waals surface area (Å²) >= 11 is 5.94. The molecule has 0 saturated carbocycles. The van der Waals surface area contributed by atoms with Gasteiger partial charge in [-0.3, -0.25) is 4.79 Å². The first-order chi connectivity index (χ1) is 13.0. The molecule has 0 atom stereocenters. The number of benzene rings is 2. The van der Waals surface area contributed by atoms with Crippen LogP contribution < -0.4 is 15.6 Å². The van der Waals surface area contributed by atoms with Crippen molar-refractivity contribution in [3.8, 4) is 5.75 Å². The molecule has 0 fully saturated rings. The van der Waals surface area contributed by atoms with E-state index in [2.05, 4.69) is 15.3 Å². The highest BCUT2D eigenvalue weighted by molar-refractivity contribution is 6.31. The molecule has 8 heteroatoms. The lowest BCUT2D eigenvalue weighted by Gasteiger charge is -2.08. The zero-order valence-electron chi connectivity index (χ0n) is 14.5. The number of anilines is 1. The third kappa shape index (κ3) is 4.27. The molecule has 0 unspecified atom stereocenters. The van der Waals surface area contributed by atoms with Gasteiger partial charge in [-0.1, -0.05) is 29.8 Å². The van der Waals surface area contributed by atoms with Crippen molar-refractivity contribution >= 4 is 40.1 Å². The number of halogens is 1. The molecule has 0 saturated heterocycles. The summed E-state index contributed by atoms with van der Waals surface area (Å²) in [4.78, 5) is 28.5. The monoisotopic (exact) mass is 386 g/mol. The Hall–Kier alpha value is -3.32. The molecule has 0 bridgehead atoms. The molecule has 0 aliphatic heterocycles. The van der Waals surface area contributed by atoms with Crippen LogP contribution in [0.3, 0.4) is 0 Å². The minimum absolute atomic E-state index is 0.0805. The molecule has 0 aliphatic rings. The van der Waals surface area contributed by atoms with Crippen LogP contribution in [0.5, 0.6) is 5.75 Å². The van der Waals surface area contributed by atoms with Gasteiger partial charge in [-0.05, 0) is 35.5 Å². The Morgan fingerprint density at radius 3 is 2.63 bits per heavy atom. The van der Waals surface area contributed by atoms with Crippen molar-refractivity contribution in [1.29, 1.82) is 0 Å². The Kier molecular flexibility index (Phi) is 5.42. The third-order valence-corrected chi connectivity index (χ3v) is 3.78. The Morgan fingerprint density at radius 1 is 1.15 bits per heavy atom. The zero-order valence-corrected chi connectivity index (χ0v) is 15.2. The summed E-state index contributed by atoms with van der Waals surface area (Å²) in [6, 6.07) is 13.5. The Labute approximate surface area is 159 Å². The van der Waals surface area contributed by atoms with Crippen molar-refractivity contribution in [2.75, 3.05) is 12.4 Å². The molecule has 3 rings (SSSR count). The first-order valence-electron chi connectivity index (χ1n) is 7.87. The molecule has 1 heterocycles. The van der Waals surface area contributed by atoms with Crippen LogP contribution >= 0.6 is 11.6 Å². The minimum atomic E-state index is -0.647. The normalized spacial score (nSPS) is 11.3. The van der Waals surface area contributed by atoms with E-state index in [0.29, 0.717) is 27.4 Å². The van der Waals surface area contributed by atoms with Gasteiger partial charge in [-0.15, -0.1) is 0 Å². The van der Waals surface area contributed by atoms with Crippen molar-refractivity contribution in [3.05, 3.63) is 64.7 Å². The lowest BCUT2D eigenvalue weighted by molar-refractivity contribution is -0.141. The minimum Gasteiger partial charge on any atom is -0.493 e. The van der Waals surface area contributed by atoms with Gasteiger partial charge < -0.3 is 19.3 Å².